The van der Waals surface area contributed by atoms with Gasteiger partial charge in [-0.05, 0) is 36.5 Å². The lowest BCUT2D eigenvalue weighted by Gasteiger charge is -2.14. The van der Waals surface area contributed by atoms with Gasteiger partial charge >= 0.3 is 6.09 Å². The number of alkyl carbamates (subject to hydrolysis) is 1. The lowest BCUT2D eigenvalue weighted by molar-refractivity contribution is 0.177. The number of ether oxygens (including phenoxy) is 1. The molecule has 3 N–H and O–H groups in total. The Balaban J connectivity index is 2.20. The minimum atomic E-state index is -3.74. The van der Waals surface area contributed by atoms with Crippen LogP contribution in [0.2, 0.25) is 0 Å². The first-order chi connectivity index (χ1) is 11.4. The molecule has 2 aromatic carbocycles. The summed E-state index contributed by atoms with van der Waals surface area (Å²) in [6.45, 7) is 0. The Hall–Kier alpha value is -2.65. The molecule has 0 unspecified atom stereocenters. The number of benzene rings is 2. The average Bonchev–Trinajstić information content (AvgIpc) is 2.57. The molecular weight excluding hydrogens is 350 g/mol. The lowest BCUT2D eigenvalue weighted by atomic mass is 10.3. The van der Waals surface area contributed by atoms with Crippen molar-refractivity contribution < 1.29 is 17.9 Å². The summed E-state index contributed by atoms with van der Waals surface area (Å²) in [6, 6.07) is 14.5. The van der Waals surface area contributed by atoms with Crippen molar-refractivity contribution in [3.63, 3.8) is 0 Å². The molecule has 9 heteroatoms. The van der Waals surface area contributed by atoms with Gasteiger partial charge in [-0.3, -0.25) is 10.0 Å². The van der Waals surface area contributed by atoms with Gasteiger partial charge in [-0.25, -0.2) is 13.2 Å². The van der Waals surface area contributed by atoms with Crippen molar-refractivity contribution in [1.82, 2.24) is 5.32 Å². The molecule has 0 spiro atoms. The van der Waals surface area contributed by atoms with E-state index in [1.807, 2.05) is 0 Å². The van der Waals surface area contributed by atoms with Crippen molar-refractivity contribution in [1.29, 1.82) is 0 Å². The highest BCUT2D eigenvalue weighted by atomic mass is 32.2. The van der Waals surface area contributed by atoms with E-state index >= 15 is 0 Å². The summed E-state index contributed by atoms with van der Waals surface area (Å²) in [6.07, 6.45) is -0.727. The first kappa shape index (κ1) is 17.7. The summed E-state index contributed by atoms with van der Waals surface area (Å²) in [5.41, 5.74) is 0.675. The molecule has 24 heavy (non-hydrogen) atoms. The second-order valence-electron chi connectivity index (χ2n) is 4.53. The van der Waals surface area contributed by atoms with Crippen LogP contribution in [-0.4, -0.2) is 26.7 Å². The van der Waals surface area contributed by atoms with Gasteiger partial charge in [0.25, 0.3) is 10.0 Å². The van der Waals surface area contributed by atoms with Crippen LogP contribution in [0.1, 0.15) is 0 Å². The van der Waals surface area contributed by atoms with Crippen molar-refractivity contribution >= 4 is 44.8 Å². The number of anilines is 2. The minimum absolute atomic E-state index is 0.0202. The van der Waals surface area contributed by atoms with Crippen molar-refractivity contribution in [3.8, 4) is 0 Å². The van der Waals surface area contributed by atoms with Crippen LogP contribution in [0, 0.1) is 0 Å². The Kier molecular flexibility index (Phi) is 5.72. The largest absolute Gasteiger partial charge is 0.453 e. The van der Waals surface area contributed by atoms with Crippen LogP contribution in [0.25, 0.3) is 0 Å². The van der Waals surface area contributed by atoms with Gasteiger partial charge in [-0.2, -0.15) is 0 Å². The molecule has 2 aromatic rings. The van der Waals surface area contributed by atoms with Gasteiger partial charge in [0.1, 0.15) is 0 Å². The van der Waals surface area contributed by atoms with E-state index in [1.165, 1.54) is 19.2 Å². The highest BCUT2D eigenvalue weighted by Gasteiger charge is 2.16. The number of rotatable bonds is 4. The molecule has 0 aliphatic carbocycles. The van der Waals surface area contributed by atoms with Gasteiger partial charge in [0.2, 0.25) is 0 Å². The third-order valence-corrected chi connectivity index (χ3v) is 4.46. The first-order valence-corrected chi connectivity index (χ1v) is 8.64. The number of para-hydroxylation sites is 2. The second-order valence-corrected chi connectivity index (χ2v) is 6.63. The van der Waals surface area contributed by atoms with Crippen LogP contribution in [0.4, 0.5) is 16.2 Å². The summed E-state index contributed by atoms with van der Waals surface area (Å²) >= 11 is 4.97. The van der Waals surface area contributed by atoms with E-state index in [4.69, 9.17) is 12.2 Å². The first-order valence-electron chi connectivity index (χ1n) is 6.75. The summed E-state index contributed by atoms with van der Waals surface area (Å²) in [5, 5.41) is 5.00. The van der Waals surface area contributed by atoms with Crippen LogP contribution < -0.4 is 15.4 Å². The van der Waals surface area contributed by atoms with Crippen LogP contribution in [-0.2, 0) is 14.8 Å². The standard InChI is InChI=1S/C15H15N3O4S2/c1-22-15(19)17-14(23)16-12-9-5-6-10-13(12)18-24(20,21)11-7-3-2-4-8-11/h2-10,18H,1H3,(H2,16,17,19,23). The zero-order valence-corrected chi connectivity index (χ0v) is 14.3. The van der Waals surface area contributed by atoms with Crippen molar-refractivity contribution in [2.24, 2.45) is 0 Å². The maximum Gasteiger partial charge on any atom is 0.413 e. The monoisotopic (exact) mass is 365 g/mol. The molecule has 0 bridgehead atoms. The fourth-order valence-corrected chi connectivity index (χ4v) is 3.08. The lowest BCUT2D eigenvalue weighted by Crippen LogP contribution is -2.34. The summed E-state index contributed by atoms with van der Waals surface area (Å²) < 4.78 is 31.7. The number of sulfonamides is 1. The molecule has 0 aliphatic heterocycles. The number of thiocarbonyl (C=S) groups is 1. The van der Waals surface area contributed by atoms with Crippen molar-refractivity contribution in [3.05, 3.63) is 54.6 Å². The van der Waals surface area contributed by atoms with E-state index in [2.05, 4.69) is 20.1 Å². The molecule has 0 aromatic heterocycles. The van der Waals surface area contributed by atoms with Crippen molar-refractivity contribution in [2.75, 3.05) is 17.1 Å². The number of methoxy groups -OCH3 is 1. The molecular formula is C15H15N3O4S2. The Morgan fingerprint density at radius 1 is 1.00 bits per heavy atom. The van der Waals surface area contributed by atoms with E-state index in [0.717, 1.165) is 0 Å². The molecule has 0 aliphatic rings. The average molecular weight is 365 g/mol. The van der Waals surface area contributed by atoms with E-state index in [0.29, 0.717) is 5.69 Å². The van der Waals surface area contributed by atoms with Gasteiger partial charge in [0.05, 0.1) is 23.4 Å². The number of hydrogen-bond acceptors (Lipinski definition) is 5. The molecule has 0 fully saturated rings. The van der Waals surface area contributed by atoms with Crippen LogP contribution in [0.15, 0.2) is 59.5 Å². The fourth-order valence-electron chi connectivity index (χ4n) is 1.78. The third-order valence-electron chi connectivity index (χ3n) is 2.87. The zero-order chi connectivity index (χ0) is 17.6. The summed E-state index contributed by atoms with van der Waals surface area (Å²) in [5.74, 6) is 0. The van der Waals surface area contributed by atoms with Gasteiger partial charge < -0.3 is 10.1 Å². The SMILES string of the molecule is COC(=O)NC(=S)Nc1ccccc1NS(=O)(=O)c1ccccc1. The third kappa shape index (κ3) is 4.67. The molecule has 0 atom stereocenters. The number of amides is 1. The van der Waals surface area contributed by atoms with Crippen molar-refractivity contribution in [2.45, 2.75) is 4.90 Å². The Morgan fingerprint density at radius 3 is 2.21 bits per heavy atom. The van der Waals surface area contributed by atoms with E-state index < -0.39 is 16.1 Å². The molecule has 0 saturated carbocycles. The Labute approximate surface area is 145 Å². The number of carbonyl (C=O) groups excluding carboxylic acids is 1. The predicted molar refractivity (Wildman–Crippen MR) is 95.5 cm³/mol. The molecule has 2 rings (SSSR count). The quantitative estimate of drug-likeness (QED) is 0.721. The summed E-state index contributed by atoms with van der Waals surface area (Å²) in [7, 11) is -2.54. The summed E-state index contributed by atoms with van der Waals surface area (Å²) in [4.78, 5) is 11.3. The maximum atomic E-state index is 12.4. The number of nitrogens with one attached hydrogen (secondary N) is 3. The van der Waals surface area contributed by atoms with Gasteiger partial charge in [-0.1, -0.05) is 30.3 Å². The number of carbonyl (C=O) groups is 1. The van der Waals surface area contributed by atoms with E-state index in [-0.39, 0.29) is 15.7 Å². The highest BCUT2D eigenvalue weighted by Crippen LogP contribution is 2.24. The minimum Gasteiger partial charge on any atom is -0.453 e. The second kappa shape index (κ2) is 7.75. The molecule has 7 nitrogen and oxygen atoms in total. The fraction of sp³-hybridized carbons (Fsp3) is 0.0667. The topological polar surface area (TPSA) is 96.5 Å². The Morgan fingerprint density at radius 2 is 1.58 bits per heavy atom. The maximum absolute atomic E-state index is 12.4. The molecule has 126 valence electrons. The van der Waals surface area contributed by atoms with Crippen LogP contribution in [0.5, 0.6) is 0 Å². The van der Waals surface area contributed by atoms with E-state index in [9.17, 15) is 13.2 Å². The van der Waals surface area contributed by atoms with Gasteiger partial charge in [0, 0.05) is 0 Å². The Bertz CT molecular complexity index is 839. The molecule has 1 amide bonds. The molecule has 0 saturated heterocycles. The van der Waals surface area contributed by atoms with Gasteiger partial charge in [0.15, 0.2) is 5.11 Å². The smallest absolute Gasteiger partial charge is 0.413 e. The highest BCUT2D eigenvalue weighted by molar-refractivity contribution is 7.92. The molecule has 0 radical (unpaired) electrons. The van der Waals surface area contributed by atoms with Gasteiger partial charge in [-0.15, -0.1) is 0 Å². The van der Waals surface area contributed by atoms with E-state index in [1.54, 1.807) is 42.5 Å². The zero-order valence-electron chi connectivity index (χ0n) is 12.6. The molecule has 0 heterocycles. The van der Waals surface area contributed by atoms with Crippen LogP contribution >= 0.6 is 12.2 Å². The predicted octanol–water partition coefficient (Wildman–Crippen LogP) is 2.54. The normalized spacial score (nSPS) is 10.5. The number of hydrogen-bond donors (Lipinski definition) is 3. The van der Waals surface area contributed by atoms with Crippen LogP contribution in [0.3, 0.4) is 0 Å².